The summed E-state index contributed by atoms with van der Waals surface area (Å²) in [5.41, 5.74) is 1.67. The Bertz CT molecular complexity index is 801. The number of morpholine rings is 1. The van der Waals surface area contributed by atoms with Crippen LogP contribution in [0.2, 0.25) is 0 Å². The highest BCUT2D eigenvalue weighted by molar-refractivity contribution is 7.91. The summed E-state index contributed by atoms with van der Waals surface area (Å²) in [5, 5.41) is 1.77. The fourth-order valence-corrected chi connectivity index (χ4v) is 5.26. The summed E-state index contributed by atoms with van der Waals surface area (Å²) < 4.78 is 32.4. The predicted octanol–water partition coefficient (Wildman–Crippen LogP) is 1.08. The second-order valence-corrected chi connectivity index (χ2v) is 8.56. The van der Waals surface area contributed by atoms with Crippen molar-refractivity contribution < 1.29 is 13.2 Å². The van der Waals surface area contributed by atoms with Crippen LogP contribution in [0.1, 0.15) is 11.3 Å². The SMILES string of the molecule is O=S(=O)(c1cccs1)N1Cc2cnc(N3CCOCC3)nc2C1. The van der Waals surface area contributed by atoms with Gasteiger partial charge in [-0.2, -0.15) is 4.31 Å². The van der Waals surface area contributed by atoms with Crippen molar-refractivity contribution in [2.75, 3.05) is 31.2 Å². The predicted molar refractivity (Wildman–Crippen MR) is 85.8 cm³/mol. The molecule has 23 heavy (non-hydrogen) atoms. The third kappa shape index (κ3) is 2.74. The monoisotopic (exact) mass is 352 g/mol. The molecular weight excluding hydrogens is 336 g/mol. The van der Waals surface area contributed by atoms with Crippen molar-refractivity contribution in [3.8, 4) is 0 Å². The van der Waals surface area contributed by atoms with Crippen molar-refractivity contribution in [3.63, 3.8) is 0 Å². The Hall–Kier alpha value is -1.55. The molecule has 2 aromatic rings. The number of hydrogen-bond acceptors (Lipinski definition) is 7. The maximum Gasteiger partial charge on any atom is 0.253 e. The van der Waals surface area contributed by atoms with Gasteiger partial charge in [-0.25, -0.2) is 18.4 Å². The van der Waals surface area contributed by atoms with Crippen LogP contribution < -0.4 is 4.90 Å². The highest BCUT2D eigenvalue weighted by Crippen LogP contribution is 2.30. The third-order valence-corrected chi connectivity index (χ3v) is 7.16. The summed E-state index contributed by atoms with van der Waals surface area (Å²) in [7, 11) is -3.45. The molecule has 122 valence electrons. The van der Waals surface area contributed by atoms with Crippen molar-refractivity contribution >= 4 is 27.3 Å². The van der Waals surface area contributed by atoms with E-state index in [2.05, 4.69) is 14.9 Å². The molecule has 4 rings (SSSR count). The molecule has 2 aliphatic heterocycles. The van der Waals surface area contributed by atoms with Gasteiger partial charge in [-0.15, -0.1) is 11.3 Å². The van der Waals surface area contributed by atoms with E-state index in [0.29, 0.717) is 36.5 Å². The van der Waals surface area contributed by atoms with Crippen molar-refractivity contribution in [2.24, 2.45) is 0 Å². The lowest BCUT2D eigenvalue weighted by atomic mass is 10.3. The van der Waals surface area contributed by atoms with E-state index in [1.807, 2.05) is 0 Å². The summed E-state index contributed by atoms with van der Waals surface area (Å²) >= 11 is 1.23. The van der Waals surface area contributed by atoms with E-state index in [0.717, 1.165) is 24.3 Å². The molecule has 0 aromatic carbocycles. The summed E-state index contributed by atoms with van der Waals surface area (Å²) in [6, 6.07) is 3.38. The number of thiophene rings is 1. The van der Waals surface area contributed by atoms with Crippen LogP contribution in [0.5, 0.6) is 0 Å². The molecule has 0 saturated carbocycles. The Morgan fingerprint density at radius 1 is 1.22 bits per heavy atom. The molecule has 0 radical (unpaired) electrons. The van der Waals surface area contributed by atoms with Gasteiger partial charge < -0.3 is 9.64 Å². The summed E-state index contributed by atoms with van der Waals surface area (Å²) in [6.07, 6.45) is 1.75. The zero-order valence-electron chi connectivity index (χ0n) is 12.4. The summed E-state index contributed by atoms with van der Waals surface area (Å²) in [4.78, 5) is 11.0. The minimum Gasteiger partial charge on any atom is -0.378 e. The van der Waals surface area contributed by atoms with Gasteiger partial charge in [0.25, 0.3) is 10.0 Å². The lowest BCUT2D eigenvalue weighted by Gasteiger charge is -2.26. The molecule has 0 amide bonds. The number of rotatable bonds is 3. The van der Waals surface area contributed by atoms with E-state index in [1.165, 1.54) is 15.6 Å². The number of fused-ring (bicyclic) bond motifs is 1. The zero-order chi connectivity index (χ0) is 15.9. The Labute approximate surface area is 138 Å². The maximum atomic E-state index is 12.6. The van der Waals surface area contributed by atoms with Gasteiger partial charge in [0, 0.05) is 31.4 Å². The second kappa shape index (κ2) is 5.82. The van der Waals surface area contributed by atoms with Crippen LogP contribution in [-0.4, -0.2) is 49.0 Å². The lowest BCUT2D eigenvalue weighted by Crippen LogP contribution is -2.37. The summed E-state index contributed by atoms with van der Waals surface area (Å²) in [5.74, 6) is 0.655. The van der Waals surface area contributed by atoms with Crippen LogP contribution in [0.3, 0.4) is 0 Å². The van der Waals surface area contributed by atoms with Crippen LogP contribution >= 0.6 is 11.3 Å². The molecular formula is C14H16N4O3S2. The Morgan fingerprint density at radius 3 is 2.78 bits per heavy atom. The fraction of sp³-hybridized carbons (Fsp3) is 0.429. The minimum absolute atomic E-state index is 0.301. The minimum atomic E-state index is -3.45. The van der Waals surface area contributed by atoms with Gasteiger partial charge in [0.05, 0.1) is 25.5 Å². The van der Waals surface area contributed by atoms with Crippen molar-refractivity contribution in [1.82, 2.24) is 14.3 Å². The average Bonchev–Trinajstić information content (AvgIpc) is 3.25. The van der Waals surface area contributed by atoms with E-state index in [1.54, 1.807) is 23.7 Å². The maximum absolute atomic E-state index is 12.6. The topological polar surface area (TPSA) is 75.6 Å². The molecule has 0 atom stereocenters. The molecule has 7 nitrogen and oxygen atoms in total. The van der Waals surface area contributed by atoms with Crippen LogP contribution in [0, 0.1) is 0 Å². The molecule has 1 saturated heterocycles. The first-order valence-corrected chi connectivity index (χ1v) is 9.68. The number of hydrogen-bond donors (Lipinski definition) is 0. The van der Waals surface area contributed by atoms with E-state index in [9.17, 15) is 8.42 Å². The number of aromatic nitrogens is 2. The number of nitrogens with zero attached hydrogens (tertiary/aromatic N) is 4. The lowest BCUT2D eigenvalue weighted by molar-refractivity contribution is 0.122. The highest BCUT2D eigenvalue weighted by atomic mass is 32.2. The molecule has 0 N–H and O–H groups in total. The molecule has 0 spiro atoms. The fourth-order valence-electron chi connectivity index (χ4n) is 2.74. The molecule has 0 bridgehead atoms. The van der Waals surface area contributed by atoms with Gasteiger partial charge in [0.1, 0.15) is 4.21 Å². The molecule has 2 aliphatic rings. The van der Waals surface area contributed by atoms with Crippen LogP contribution in [0.25, 0.3) is 0 Å². The number of sulfonamides is 1. The van der Waals surface area contributed by atoms with Gasteiger partial charge in [0.15, 0.2) is 0 Å². The van der Waals surface area contributed by atoms with Gasteiger partial charge in [-0.3, -0.25) is 0 Å². The van der Waals surface area contributed by atoms with Gasteiger partial charge in [0.2, 0.25) is 5.95 Å². The molecule has 1 fully saturated rings. The summed E-state index contributed by atoms with van der Waals surface area (Å²) in [6.45, 7) is 3.49. The third-order valence-electron chi connectivity index (χ3n) is 4.00. The Balaban J connectivity index is 1.58. The van der Waals surface area contributed by atoms with Crippen LogP contribution in [0.15, 0.2) is 27.9 Å². The average molecular weight is 352 g/mol. The standard InChI is InChI=1S/C14H16N4O3S2/c19-23(20,13-2-1-7-22-13)18-9-11-8-15-14(16-12(11)10-18)17-3-5-21-6-4-17/h1-2,7-8H,3-6,9-10H2. The normalized spacial score (nSPS) is 19.0. The molecule has 0 aliphatic carbocycles. The van der Waals surface area contributed by atoms with Crippen LogP contribution in [0.4, 0.5) is 5.95 Å². The van der Waals surface area contributed by atoms with E-state index in [4.69, 9.17) is 4.74 Å². The van der Waals surface area contributed by atoms with Gasteiger partial charge in [-0.05, 0) is 11.4 Å². The first kappa shape index (κ1) is 15.0. The number of ether oxygens (including phenoxy) is 1. The van der Waals surface area contributed by atoms with E-state index < -0.39 is 10.0 Å². The van der Waals surface area contributed by atoms with Crippen molar-refractivity contribution in [3.05, 3.63) is 35.0 Å². The molecule has 9 heteroatoms. The van der Waals surface area contributed by atoms with Crippen LogP contribution in [-0.2, 0) is 27.8 Å². The Kier molecular flexibility index (Phi) is 3.80. The smallest absolute Gasteiger partial charge is 0.253 e. The zero-order valence-corrected chi connectivity index (χ0v) is 14.0. The first-order valence-electron chi connectivity index (χ1n) is 7.36. The molecule has 0 unspecified atom stereocenters. The number of anilines is 1. The van der Waals surface area contributed by atoms with E-state index in [-0.39, 0.29) is 0 Å². The van der Waals surface area contributed by atoms with Crippen molar-refractivity contribution in [1.29, 1.82) is 0 Å². The molecule has 2 aromatic heterocycles. The first-order chi connectivity index (χ1) is 11.1. The van der Waals surface area contributed by atoms with Gasteiger partial charge in [-0.1, -0.05) is 6.07 Å². The molecule has 4 heterocycles. The Morgan fingerprint density at radius 2 is 2.04 bits per heavy atom. The van der Waals surface area contributed by atoms with E-state index >= 15 is 0 Å². The second-order valence-electron chi connectivity index (χ2n) is 5.45. The van der Waals surface area contributed by atoms with Crippen molar-refractivity contribution in [2.45, 2.75) is 17.3 Å². The quantitative estimate of drug-likeness (QED) is 0.823. The highest BCUT2D eigenvalue weighted by Gasteiger charge is 2.33. The largest absolute Gasteiger partial charge is 0.378 e. The van der Waals surface area contributed by atoms with Gasteiger partial charge >= 0.3 is 0 Å².